The molecule has 0 fully saturated rings. The minimum absolute atomic E-state index is 0.0932. The second kappa shape index (κ2) is 6.49. The van der Waals surface area contributed by atoms with Crippen molar-refractivity contribution in [3.8, 4) is 0 Å². The summed E-state index contributed by atoms with van der Waals surface area (Å²) in [5.74, 6) is -0.178. The van der Waals surface area contributed by atoms with Crippen LogP contribution in [-0.2, 0) is 11.3 Å². The Labute approximate surface area is 123 Å². The molecular weight excluding hydrogens is 270 g/mol. The van der Waals surface area contributed by atoms with E-state index < -0.39 is 0 Å². The lowest BCUT2D eigenvalue weighted by molar-refractivity contribution is -0.116. The number of nitrogens with two attached hydrogens (primary N) is 1. The number of nitrogens with one attached hydrogen (secondary N) is 2. The van der Waals surface area contributed by atoms with Gasteiger partial charge in [0.2, 0.25) is 5.91 Å². The van der Waals surface area contributed by atoms with Gasteiger partial charge in [-0.3, -0.25) is 9.89 Å². The van der Waals surface area contributed by atoms with Crippen molar-refractivity contribution in [3.05, 3.63) is 23.3 Å². The lowest BCUT2D eigenvalue weighted by Crippen LogP contribution is -2.19. The number of carbonyl (C=O) groups is 1. The molecule has 2 aromatic heterocycles. The highest BCUT2D eigenvalue weighted by molar-refractivity contribution is 5.91. The predicted octanol–water partition coefficient (Wildman–Crippen LogP) is 1.06. The summed E-state index contributed by atoms with van der Waals surface area (Å²) in [5.41, 5.74) is 8.97. The highest BCUT2D eigenvalue weighted by atomic mass is 16.2. The third kappa shape index (κ3) is 3.66. The third-order valence-electron chi connectivity index (χ3n) is 3.23. The fourth-order valence-corrected chi connectivity index (χ4v) is 2.08. The number of rotatable bonds is 6. The topological polar surface area (TPSA) is 115 Å². The van der Waals surface area contributed by atoms with Crippen LogP contribution in [0.15, 0.2) is 6.20 Å². The molecule has 2 rings (SSSR count). The Morgan fingerprint density at radius 2 is 2.29 bits per heavy atom. The average molecular weight is 291 g/mol. The van der Waals surface area contributed by atoms with Crippen LogP contribution in [0, 0.1) is 13.8 Å². The number of aromatic amines is 1. The van der Waals surface area contributed by atoms with Crippen molar-refractivity contribution < 1.29 is 4.79 Å². The van der Waals surface area contributed by atoms with E-state index in [9.17, 15) is 4.79 Å². The summed E-state index contributed by atoms with van der Waals surface area (Å²) in [6.45, 7) is 5.84. The molecule has 114 valence electrons. The number of amides is 1. The van der Waals surface area contributed by atoms with Crippen molar-refractivity contribution in [3.63, 3.8) is 0 Å². The molecule has 2 aromatic rings. The van der Waals surface area contributed by atoms with Gasteiger partial charge in [-0.25, -0.2) is 4.68 Å². The van der Waals surface area contributed by atoms with E-state index in [0.29, 0.717) is 11.4 Å². The molecule has 1 atom stereocenters. The highest BCUT2D eigenvalue weighted by Crippen LogP contribution is 2.16. The van der Waals surface area contributed by atoms with Gasteiger partial charge in [0.25, 0.3) is 0 Å². The van der Waals surface area contributed by atoms with Gasteiger partial charge in [-0.2, -0.15) is 5.10 Å². The molecule has 0 saturated heterocycles. The summed E-state index contributed by atoms with van der Waals surface area (Å²) in [6, 6.07) is -0.134. The van der Waals surface area contributed by atoms with E-state index in [0.717, 1.165) is 24.2 Å². The van der Waals surface area contributed by atoms with Crippen molar-refractivity contribution in [1.29, 1.82) is 0 Å². The normalized spacial score (nSPS) is 12.4. The lowest BCUT2D eigenvalue weighted by atomic mass is 10.1. The lowest BCUT2D eigenvalue weighted by Gasteiger charge is -2.05. The summed E-state index contributed by atoms with van der Waals surface area (Å²) >= 11 is 0. The molecule has 0 aliphatic carbocycles. The molecule has 0 aliphatic rings. The Balaban J connectivity index is 1.97. The number of aryl methyl sites for hydroxylation is 2. The molecule has 1 amide bonds. The first kappa shape index (κ1) is 15.2. The minimum atomic E-state index is -0.178. The van der Waals surface area contributed by atoms with Crippen molar-refractivity contribution >= 4 is 11.6 Å². The van der Waals surface area contributed by atoms with Crippen molar-refractivity contribution in [2.24, 2.45) is 5.73 Å². The second-order valence-electron chi connectivity index (χ2n) is 5.09. The zero-order valence-corrected chi connectivity index (χ0v) is 12.6. The smallest absolute Gasteiger partial charge is 0.246 e. The van der Waals surface area contributed by atoms with Crippen molar-refractivity contribution in [1.82, 2.24) is 25.2 Å². The maximum Gasteiger partial charge on any atom is 0.246 e. The van der Waals surface area contributed by atoms with Crippen molar-refractivity contribution in [2.45, 2.75) is 46.2 Å². The molecule has 0 aliphatic heterocycles. The second-order valence-corrected chi connectivity index (χ2v) is 5.09. The third-order valence-corrected chi connectivity index (χ3v) is 3.23. The number of H-pyrrole nitrogens is 1. The van der Waals surface area contributed by atoms with Crippen LogP contribution in [0.5, 0.6) is 0 Å². The van der Waals surface area contributed by atoms with Crippen LogP contribution in [-0.4, -0.2) is 31.1 Å². The Kier molecular flexibility index (Phi) is 4.69. The number of carbonyl (C=O) groups excluding carboxylic acids is 1. The van der Waals surface area contributed by atoms with E-state index in [1.807, 2.05) is 13.8 Å². The molecule has 0 saturated carbocycles. The Hall–Kier alpha value is -2.22. The molecular formula is C13H21N7O. The van der Waals surface area contributed by atoms with Crippen LogP contribution in [0.1, 0.15) is 42.9 Å². The fourth-order valence-electron chi connectivity index (χ4n) is 2.08. The molecule has 21 heavy (non-hydrogen) atoms. The quantitative estimate of drug-likeness (QED) is 0.736. The van der Waals surface area contributed by atoms with Gasteiger partial charge in [0.15, 0.2) is 0 Å². The molecule has 0 bridgehead atoms. The minimum Gasteiger partial charge on any atom is -0.323 e. The molecule has 0 radical (unpaired) electrons. The van der Waals surface area contributed by atoms with Gasteiger partial charge in [0, 0.05) is 0 Å². The standard InChI is InChI=1S/C13H21N7O/c1-4-5-10(14)11-6-20(19-18-11)7-12(21)15-13-8(2)16-17-9(13)3/h6,10H,4-5,7,14H2,1-3H3,(H,15,21)(H,16,17). The monoisotopic (exact) mass is 291 g/mol. The number of aromatic nitrogens is 5. The molecule has 8 heteroatoms. The van der Waals surface area contributed by atoms with Crippen molar-refractivity contribution in [2.75, 3.05) is 5.32 Å². The van der Waals surface area contributed by atoms with Gasteiger partial charge in [-0.1, -0.05) is 18.6 Å². The van der Waals surface area contributed by atoms with Gasteiger partial charge >= 0.3 is 0 Å². The van der Waals surface area contributed by atoms with Crippen LogP contribution in [0.4, 0.5) is 5.69 Å². The van der Waals surface area contributed by atoms with Crippen LogP contribution >= 0.6 is 0 Å². The first-order chi connectivity index (χ1) is 10.0. The van der Waals surface area contributed by atoms with E-state index >= 15 is 0 Å². The first-order valence-electron chi connectivity index (χ1n) is 6.98. The number of hydrogen-bond donors (Lipinski definition) is 3. The Bertz CT molecular complexity index is 596. The fraction of sp³-hybridized carbons (Fsp3) is 0.538. The number of anilines is 1. The maximum atomic E-state index is 12.0. The summed E-state index contributed by atoms with van der Waals surface area (Å²) in [7, 11) is 0. The number of nitrogens with zero attached hydrogens (tertiary/aromatic N) is 4. The van der Waals surface area contributed by atoms with Crippen LogP contribution < -0.4 is 11.1 Å². The van der Waals surface area contributed by atoms with Gasteiger partial charge in [0.05, 0.1) is 35.0 Å². The molecule has 2 heterocycles. The van der Waals surface area contributed by atoms with Gasteiger partial charge in [-0.15, -0.1) is 5.10 Å². The van der Waals surface area contributed by atoms with Gasteiger partial charge in [-0.05, 0) is 20.3 Å². The van der Waals surface area contributed by atoms with Crippen LogP contribution in [0.25, 0.3) is 0 Å². The molecule has 8 nitrogen and oxygen atoms in total. The average Bonchev–Trinajstić information content (AvgIpc) is 3.01. The van der Waals surface area contributed by atoms with E-state index in [1.54, 1.807) is 6.20 Å². The zero-order chi connectivity index (χ0) is 15.4. The Morgan fingerprint density at radius 1 is 1.52 bits per heavy atom. The SMILES string of the molecule is CCCC(N)c1cn(CC(=O)Nc2c(C)n[nH]c2C)nn1. The van der Waals surface area contributed by atoms with Crippen LogP contribution in [0.3, 0.4) is 0 Å². The summed E-state index contributed by atoms with van der Waals surface area (Å²) in [6.07, 6.45) is 3.54. The van der Waals surface area contributed by atoms with E-state index in [-0.39, 0.29) is 18.5 Å². The van der Waals surface area contributed by atoms with E-state index in [4.69, 9.17) is 5.73 Å². The van der Waals surface area contributed by atoms with Crippen LogP contribution in [0.2, 0.25) is 0 Å². The summed E-state index contributed by atoms with van der Waals surface area (Å²) in [4.78, 5) is 12.0. The number of hydrogen-bond acceptors (Lipinski definition) is 5. The maximum absolute atomic E-state index is 12.0. The molecule has 1 unspecified atom stereocenters. The largest absolute Gasteiger partial charge is 0.323 e. The molecule has 4 N–H and O–H groups in total. The Morgan fingerprint density at radius 3 is 2.90 bits per heavy atom. The zero-order valence-electron chi connectivity index (χ0n) is 12.6. The summed E-state index contributed by atoms with van der Waals surface area (Å²) in [5, 5.41) is 17.6. The predicted molar refractivity (Wildman–Crippen MR) is 78.5 cm³/mol. The van der Waals surface area contributed by atoms with Gasteiger partial charge < -0.3 is 11.1 Å². The highest BCUT2D eigenvalue weighted by Gasteiger charge is 2.13. The molecule has 0 aromatic carbocycles. The van der Waals surface area contributed by atoms with Gasteiger partial charge in [0.1, 0.15) is 6.54 Å². The van der Waals surface area contributed by atoms with E-state index in [1.165, 1.54) is 4.68 Å². The molecule has 0 spiro atoms. The van der Waals surface area contributed by atoms with E-state index in [2.05, 4.69) is 32.7 Å². The summed E-state index contributed by atoms with van der Waals surface area (Å²) < 4.78 is 1.49. The first-order valence-corrected chi connectivity index (χ1v) is 6.98.